The van der Waals surface area contributed by atoms with Crippen molar-refractivity contribution in [2.24, 2.45) is 0 Å². The number of ketones is 1. The lowest BCUT2D eigenvalue weighted by atomic mass is 10.0. The topological polar surface area (TPSA) is 65.9 Å². The Bertz CT molecular complexity index is 1050. The number of nitrogens with zero attached hydrogens (tertiary/aromatic N) is 1. The standard InChI is InChI=1S/C19H12F2N2O2/c1-25-13-5-6-17-14(8-13)15(10-23-17)19(24)12(9-22)7-11-3-2-4-16(20)18(11)21/h2-8,10,23H,1H3/b12-7-. The van der Waals surface area contributed by atoms with Crippen LogP contribution in [-0.4, -0.2) is 17.9 Å². The van der Waals surface area contributed by atoms with Gasteiger partial charge in [-0.3, -0.25) is 4.79 Å². The molecule has 3 aromatic rings. The van der Waals surface area contributed by atoms with Crippen molar-refractivity contribution in [3.63, 3.8) is 0 Å². The molecule has 0 saturated carbocycles. The second-order valence-electron chi connectivity index (χ2n) is 5.26. The van der Waals surface area contributed by atoms with Crippen LogP contribution < -0.4 is 4.74 Å². The van der Waals surface area contributed by atoms with Crippen LogP contribution >= 0.6 is 0 Å². The SMILES string of the molecule is COc1ccc2[nH]cc(C(=O)/C(C#N)=C\c3cccc(F)c3F)c2c1. The molecule has 0 bridgehead atoms. The number of hydrogen-bond acceptors (Lipinski definition) is 3. The van der Waals surface area contributed by atoms with Crippen LogP contribution in [0.1, 0.15) is 15.9 Å². The molecule has 0 aliphatic heterocycles. The van der Waals surface area contributed by atoms with E-state index in [2.05, 4.69) is 4.98 Å². The average molecular weight is 338 g/mol. The van der Waals surface area contributed by atoms with Gasteiger partial charge in [0.15, 0.2) is 11.6 Å². The van der Waals surface area contributed by atoms with E-state index >= 15 is 0 Å². The highest BCUT2D eigenvalue weighted by molar-refractivity contribution is 6.20. The number of rotatable bonds is 4. The van der Waals surface area contributed by atoms with Gasteiger partial charge in [-0.1, -0.05) is 12.1 Å². The predicted molar refractivity (Wildman–Crippen MR) is 89.1 cm³/mol. The Balaban J connectivity index is 2.08. The Morgan fingerprint density at radius 1 is 1.28 bits per heavy atom. The molecule has 6 heteroatoms. The van der Waals surface area contributed by atoms with Crippen molar-refractivity contribution < 1.29 is 18.3 Å². The fraction of sp³-hybridized carbons (Fsp3) is 0.0526. The van der Waals surface area contributed by atoms with Gasteiger partial charge in [-0.15, -0.1) is 0 Å². The largest absolute Gasteiger partial charge is 0.497 e. The van der Waals surface area contributed by atoms with E-state index in [1.165, 1.54) is 25.4 Å². The molecule has 1 aromatic heterocycles. The number of aromatic amines is 1. The molecule has 0 radical (unpaired) electrons. The first-order chi connectivity index (χ1) is 12.0. The number of nitrogens with one attached hydrogen (secondary N) is 1. The van der Waals surface area contributed by atoms with Gasteiger partial charge in [-0.2, -0.15) is 5.26 Å². The summed E-state index contributed by atoms with van der Waals surface area (Å²) < 4.78 is 32.2. The Hall–Kier alpha value is -3.46. The van der Waals surface area contributed by atoms with Gasteiger partial charge < -0.3 is 9.72 Å². The molecule has 1 heterocycles. The van der Waals surface area contributed by atoms with Gasteiger partial charge >= 0.3 is 0 Å². The monoisotopic (exact) mass is 338 g/mol. The number of Topliss-reactive ketones (excluding diaryl/α,β-unsaturated/α-hetero) is 1. The van der Waals surface area contributed by atoms with Crippen LogP contribution in [0.5, 0.6) is 5.75 Å². The van der Waals surface area contributed by atoms with Gasteiger partial charge in [-0.25, -0.2) is 8.78 Å². The fourth-order valence-corrected chi connectivity index (χ4v) is 2.50. The summed E-state index contributed by atoms with van der Waals surface area (Å²) in [4.78, 5) is 15.6. The number of nitriles is 1. The predicted octanol–water partition coefficient (Wildman–Crippen LogP) is 4.24. The van der Waals surface area contributed by atoms with Crippen LogP contribution in [0, 0.1) is 23.0 Å². The number of aromatic nitrogens is 1. The number of allylic oxidation sites excluding steroid dienone is 1. The molecular weight excluding hydrogens is 326 g/mol. The molecule has 0 unspecified atom stereocenters. The zero-order valence-corrected chi connectivity index (χ0v) is 13.1. The van der Waals surface area contributed by atoms with Gasteiger partial charge in [0.1, 0.15) is 17.4 Å². The van der Waals surface area contributed by atoms with Gasteiger partial charge in [0.25, 0.3) is 0 Å². The Morgan fingerprint density at radius 3 is 2.80 bits per heavy atom. The van der Waals surface area contributed by atoms with Crippen molar-refractivity contribution in [3.8, 4) is 11.8 Å². The third-order valence-electron chi connectivity index (χ3n) is 3.78. The third kappa shape index (κ3) is 3.00. The molecule has 0 aliphatic carbocycles. The first-order valence-electron chi connectivity index (χ1n) is 7.30. The van der Waals surface area contributed by atoms with E-state index in [0.717, 1.165) is 12.1 Å². The van der Waals surface area contributed by atoms with Crippen LogP contribution in [0.3, 0.4) is 0 Å². The minimum absolute atomic E-state index is 0.165. The highest BCUT2D eigenvalue weighted by Gasteiger charge is 2.18. The number of halogens is 2. The smallest absolute Gasteiger partial charge is 0.205 e. The second-order valence-corrected chi connectivity index (χ2v) is 5.26. The van der Waals surface area contributed by atoms with E-state index in [1.807, 2.05) is 0 Å². The zero-order valence-electron chi connectivity index (χ0n) is 13.1. The van der Waals surface area contributed by atoms with E-state index < -0.39 is 17.4 Å². The van der Waals surface area contributed by atoms with Crippen molar-refractivity contribution in [2.75, 3.05) is 7.11 Å². The summed E-state index contributed by atoms with van der Waals surface area (Å²) in [5.74, 6) is -2.19. The summed E-state index contributed by atoms with van der Waals surface area (Å²) in [6.07, 6.45) is 2.51. The van der Waals surface area contributed by atoms with Gasteiger partial charge in [0.05, 0.1) is 7.11 Å². The number of benzene rings is 2. The van der Waals surface area contributed by atoms with Crippen LogP contribution in [-0.2, 0) is 0 Å². The lowest BCUT2D eigenvalue weighted by Gasteiger charge is -2.02. The molecule has 0 fully saturated rings. The van der Waals surface area contributed by atoms with E-state index in [9.17, 15) is 18.8 Å². The molecule has 4 nitrogen and oxygen atoms in total. The quantitative estimate of drug-likeness (QED) is 0.439. The third-order valence-corrected chi connectivity index (χ3v) is 3.78. The Labute approximate surface area is 142 Å². The molecule has 124 valence electrons. The van der Waals surface area contributed by atoms with Crippen molar-refractivity contribution in [3.05, 3.63) is 70.9 Å². The summed E-state index contributed by atoms with van der Waals surface area (Å²) in [6, 6.07) is 10.5. The second kappa shape index (κ2) is 6.57. The minimum atomic E-state index is -1.11. The van der Waals surface area contributed by atoms with Crippen molar-refractivity contribution in [1.82, 2.24) is 4.98 Å². The van der Waals surface area contributed by atoms with Crippen LogP contribution in [0.2, 0.25) is 0 Å². The number of ether oxygens (including phenoxy) is 1. The van der Waals surface area contributed by atoms with Crippen LogP contribution in [0.15, 0.2) is 48.2 Å². The number of carbonyl (C=O) groups excluding carboxylic acids is 1. The maximum atomic E-state index is 13.8. The summed E-state index contributed by atoms with van der Waals surface area (Å²) >= 11 is 0. The van der Waals surface area contributed by atoms with Gasteiger partial charge in [0.2, 0.25) is 5.78 Å². The molecule has 3 rings (SSSR count). The number of H-pyrrole nitrogens is 1. The maximum Gasteiger partial charge on any atom is 0.205 e. The first-order valence-corrected chi connectivity index (χ1v) is 7.30. The fourth-order valence-electron chi connectivity index (χ4n) is 2.50. The average Bonchev–Trinajstić information content (AvgIpc) is 3.05. The molecule has 1 N–H and O–H groups in total. The number of fused-ring (bicyclic) bond motifs is 1. The molecular formula is C19H12F2N2O2. The molecule has 0 aliphatic rings. The first kappa shape index (κ1) is 16.4. The molecule has 25 heavy (non-hydrogen) atoms. The maximum absolute atomic E-state index is 13.8. The Morgan fingerprint density at radius 2 is 2.08 bits per heavy atom. The minimum Gasteiger partial charge on any atom is -0.497 e. The van der Waals surface area contributed by atoms with Crippen LogP contribution in [0.25, 0.3) is 17.0 Å². The number of methoxy groups -OCH3 is 1. The lowest BCUT2D eigenvalue weighted by molar-refractivity contribution is 0.104. The number of hydrogen-bond donors (Lipinski definition) is 1. The van der Waals surface area contributed by atoms with Crippen molar-refractivity contribution in [1.29, 1.82) is 5.26 Å². The van der Waals surface area contributed by atoms with E-state index in [1.54, 1.807) is 24.3 Å². The Kier molecular flexibility index (Phi) is 4.31. The van der Waals surface area contributed by atoms with Gasteiger partial charge in [0, 0.05) is 28.2 Å². The molecule has 0 saturated heterocycles. The summed E-state index contributed by atoms with van der Waals surface area (Å²) in [5, 5.41) is 9.87. The van der Waals surface area contributed by atoms with E-state index in [-0.39, 0.29) is 16.7 Å². The zero-order chi connectivity index (χ0) is 18.0. The molecule has 0 amide bonds. The van der Waals surface area contributed by atoms with E-state index in [4.69, 9.17) is 4.74 Å². The van der Waals surface area contributed by atoms with E-state index in [0.29, 0.717) is 16.7 Å². The normalized spacial score (nSPS) is 11.4. The number of carbonyl (C=O) groups is 1. The van der Waals surface area contributed by atoms with Crippen molar-refractivity contribution in [2.45, 2.75) is 0 Å². The molecule has 2 aromatic carbocycles. The molecule has 0 atom stereocenters. The van der Waals surface area contributed by atoms with Gasteiger partial charge in [-0.05, 0) is 30.3 Å². The van der Waals surface area contributed by atoms with Crippen LogP contribution in [0.4, 0.5) is 8.78 Å². The summed E-state index contributed by atoms with van der Waals surface area (Å²) in [5.41, 5.74) is 0.479. The van der Waals surface area contributed by atoms with Crippen molar-refractivity contribution >= 4 is 22.8 Å². The molecule has 0 spiro atoms. The highest BCUT2D eigenvalue weighted by Crippen LogP contribution is 2.26. The summed E-state index contributed by atoms with van der Waals surface area (Å²) in [6.45, 7) is 0. The highest BCUT2D eigenvalue weighted by atomic mass is 19.2. The summed E-state index contributed by atoms with van der Waals surface area (Å²) in [7, 11) is 1.50. The lowest BCUT2D eigenvalue weighted by Crippen LogP contribution is -2.02.